The highest BCUT2D eigenvalue weighted by Gasteiger charge is 2.33. The van der Waals surface area contributed by atoms with Crippen molar-refractivity contribution in [2.75, 3.05) is 6.54 Å². The van der Waals surface area contributed by atoms with Crippen molar-refractivity contribution in [3.05, 3.63) is 15.6 Å². The molecule has 94 valence electrons. The molecule has 3 rings (SSSR count). The van der Waals surface area contributed by atoms with Crippen LogP contribution in [-0.4, -0.2) is 11.5 Å². The lowest BCUT2D eigenvalue weighted by atomic mass is 10.2. The Bertz CT molecular complexity index is 389. The van der Waals surface area contributed by atoms with E-state index in [1.54, 1.807) is 0 Å². The molecule has 0 atom stereocenters. The summed E-state index contributed by atoms with van der Waals surface area (Å²) in [6, 6.07) is 0. The van der Waals surface area contributed by atoms with Crippen molar-refractivity contribution in [3.8, 4) is 0 Å². The summed E-state index contributed by atoms with van der Waals surface area (Å²) in [5.74, 6) is 2.35. The molecule has 0 aliphatic heterocycles. The molecule has 0 bridgehead atoms. The lowest BCUT2D eigenvalue weighted by molar-refractivity contribution is 0.553. The van der Waals surface area contributed by atoms with Crippen LogP contribution < -0.4 is 5.32 Å². The van der Waals surface area contributed by atoms with Gasteiger partial charge in [-0.2, -0.15) is 0 Å². The molecule has 2 aliphatic rings. The normalized spacial score (nSPS) is 20.2. The van der Waals surface area contributed by atoms with Crippen LogP contribution in [0.15, 0.2) is 0 Å². The minimum atomic E-state index is 0.732. The first-order valence-corrected chi connectivity index (χ1v) is 7.76. The Morgan fingerprint density at radius 1 is 1.24 bits per heavy atom. The van der Waals surface area contributed by atoms with Crippen molar-refractivity contribution >= 4 is 11.3 Å². The van der Waals surface area contributed by atoms with E-state index in [-0.39, 0.29) is 0 Å². The van der Waals surface area contributed by atoms with E-state index in [9.17, 15) is 0 Å². The second-order valence-electron chi connectivity index (χ2n) is 5.93. The van der Waals surface area contributed by atoms with Crippen LogP contribution in [0.2, 0.25) is 0 Å². The van der Waals surface area contributed by atoms with E-state index in [1.807, 2.05) is 11.3 Å². The highest BCUT2D eigenvalue weighted by atomic mass is 32.1. The molecule has 0 spiro atoms. The quantitative estimate of drug-likeness (QED) is 0.833. The van der Waals surface area contributed by atoms with Gasteiger partial charge in [-0.1, -0.05) is 13.8 Å². The predicted molar refractivity (Wildman–Crippen MR) is 72.6 cm³/mol. The Morgan fingerprint density at radius 2 is 1.94 bits per heavy atom. The fourth-order valence-electron chi connectivity index (χ4n) is 2.16. The Balaban J connectivity index is 1.67. The molecule has 0 aromatic carbocycles. The number of hydrogen-bond donors (Lipinski definition) is 1. The van der Waals surface area contributed by atoms with Crippen LogP contribution >= 0.6 is 11.3 Å². The summed E-state index contributed by atoms with van der Waals surface area (Å²) >= 11 is 1.98. The van der Waals surface area contributed by atoms with Gasteiger partial charge in [-0.3, -0.25) is 0 Å². The Morgan fingerprint density at radius 3 is 2.53 bits per heavy atom. The number of nitrogens with one attached hydrogen (secondary N) is 1. The SMILES string of the molecule is CC(C)CNCc1sc(C2CC2)nc1C1CC1. The molecule has 17 heavy (non-hydrogen) atoms. The summed E-state index contributed by atoms with van der Waals surface area (Å²) in [7, 11) is 0. The lowest BCUT2D eigenvalue weighted by Crippen LogP contribution is -2.18. The summed E-state index contributed by atoms with van der Waals surface area (Å²) in [5, 5.41) is 4.99. The molecule has 2 fully saturated rings. The van der Waals surface area contributed by atoms with Crippen LogP contribution in [0, 0.1) is 5.92 Å². The van der Waals surface area contributed by atoms with Gasteiger partial charge < -0.3 is 5.32 Å². The van der Waals surface area contributed by atoms with Crippen LogP contribution in [0.5, 0.6) is 0 Å². The minimum Gasteiger partial charge on any atom is -0.312 e. The van der Waals surface area contributed by atoms with E-state index < -0.39 is 0 Å². The van der Waals surface area contributed by atoms with Crippen molar-refractivity contribution in [2.45, 2.75) is 57.9 Å². The first kappa shape index (κ1) is 11.7. The summed E-state index contributed by atoms with van der Waals surface area (Å²) < 4.78 is 0. The molecular formula is C14H22N2S. The van der Waals surface area contributed by atoms with Gasteiger partial charge in [0.25, 0.3) is 0 Å². The van der Waals surface area contributed by atoms with Crippen molar-refractivity contribution < 1.29 is 0 Å². The number of thiazole rings is 1. The predicted octanol–water partition coefficient (Wildman–Crippen LogP) is 3.64. The first-order valence-electron chi connectivity index (χ1n) is 6.94. The molecule has 2 nitrogen and oxygen atoms in total. The van der Waals surface area contributed by atoms with E-state index in [4.69, 9.17) is 4.98 Å². The molecular weight excluding hydrogens is 228 g/mol. The number of aromatic nitrogens is 1. The highest BCUT2D eigenvalue weighted by molar-refractivity contribution is 7.11. The molecule has 1 N–H and O–H groups in total. The minimum absolute atomic E-state index is 0.732. The van der Waals surface area contributed by atoms with Crippen LogP contribution in [0.25, 0.3) is 0 Å². The zero-order valence-corrected chi connectivity index (χ0v) is 11.6. The summed E-state index contributed by atoms with van der Waals surface area (Å²) in [6.45, 7) is 6.67. The fraction of sp³-hybridized carbons (Fsp3) is 0.786. The maximum absolute atomic E-state index is 4.91. The summed E-state index contributed by atoms with van der Waals surface area (Å²) in [4.78, 5) is 6.43. The first-order chi connectivity index (χ1) is 8.24. The van der Waals surface area contributed by atoms with Gasteiger partial charge in [0, 0.05) is 23.3 Å². The number of rotatable bonds is 6. The average molecular weight is 250 g/mol. The van der Waals surface area contributed by atoms with Crippen LogP contribution in [-0.2, 0) is 6.54 Å². The van der Waals surface area contributed by atoms with Gasteiger partial charge in [-0.15, -0.1) is 11.3 Å². The topological polar surface area (TPSA) is 24.9 Å². The molecule has 0 saturated heterocycles. The fourth-order valence-corrected chi connectivity index (χ4v) is 3.45. The monoisotopic (exact) mass is 250 g/mol. The highest BCUT2D eigenvalue weighted by Crippen LogP contribution is 2.47. The summed E-state index contributed by atoms with van der Waals surface area (Å²) in [6.07, 6.45) is 5.48. The number of nitrogens with zero attached hydrogens (tertiary/aromatic N) is 1. The average Bonchev–Trinajstić information content (AvgIpc) is 3.17. The molecule has 0 radical (unpaired) electrons. The van der Waals surface area contributed by atoms with Gasteiger partial charge in [0.1, 0.15) is 0 Å². The Labute approximate surface area is 108 Å². The second-order valence-corrected chi connectivity index (χ2v) is 7.05. The zero-order chi connectivity index (χ0) is 11.8. The molecule has 1 aromatic rings. The lowest BCUT2D eigenvalue weighted by Gasteiger charge is -2.06. The molecule has 1 heterocycles. The van der Waals surface area contributed by atoms with Gasteiger partial charge in [0.2, 0.25) is 0 Å². The maximum atomic E-state index is 4.91. The van der Waals surface area contributed by atoms with Gasteiger partial charge >= 0.3 is 0 Å². The van der Waals surface area contributed by atoms with Gasteiger partial charge in [-0.25, -0.2) is 4.98 Å². The second kappa shape index (κ2) is 4.69. The summed E-state index contributed by atoms with van der Waals surface area (Å²) in [5.41, 5.74) is 1.44. The van der Waals surface area contributed by atoms with Crippen molar-refractivity contribution in [3.63, 3.8) is 0 Å². The number of hydrogen-bond acceptors (Lipinski definition) is 3. The van der Waals surface area contributed by atoms with Crippen LogP contribution in [0.4, 0.5) is 0 Å². The molecule has 0 amide bonds. The van der Waals surface area contributed by atoms with Crippen molar-refractivity contribution in [1.29, 1.82) is 0 Å². The zero-order valence-electron chi connectivity index (χ0n) is 10.8. The molecule has 2 saturated carbocycles. The van der Waals surface area contributed by atoms with E-state index >= 15 is 0 Å². The van der Waals surface area contributed by atoms with Gasteiger partial charge in [0.05, 0.1) is 10.7 Å². The molecule has 1 aromatic heterocycles. The standard InChI is InChI=1S/C14H22N2S/c1-9(2)7-15-8-12-13(10-3-4-10)16-14(17-12)11-5-6-11/h9-11,15H,3-8H2,1-2H3. The third-order valence-corrected chi connectivity index (χ3v) is 4.71. The maximum Gasteiger partial charge on any atom is 0.0962 e. The molecule has 3 heteroatoms. The van der Waals surface area contributed by atoms with Crippen molar-refractivity contribution in [2.24, 2.45) is 5.92 Å². The Kier molecular flexibility index (Phi) is 3.22. The van der Waals surface area contributed by atoms with Gasteiger partial charge in [0.15, 0.2) is 0 Å². The molecule has 2 aliphatic carbocycles. The third-order valence-electron chi connectivity index (χ3n) is 3.47. The van der Waals surface area contributed by atoms with Gasteiger partial charge in [-0.05, 0) is 38.1 Å². The third kappa shape index (κ3) is 2.89. The Hall–Kier alpha value is -0.410. The van der Waals surface area contributed by atoms with E-state index in [2.05, 4.69) is 19.2 Å². The largest absolute Gasteiger partial charge is 0.312 e. The van der Waals surface area contributed by atoms with Crippen LogP contribution in [0.3, 0.4) is 0 Å². The van der Waals surface area contributed by atoms with E-state index in [0.717, 1.165) is 30.8 Å². The smallest absolute Gasteiger partial charge is 0.0962 e. The van der Waals surface area contributed by atoms with Crippen LogP contribution in [0.1, 0.15) is 66.9 Å². The molecule has 0 unspecified atom stereocenters. The van der Waals surface area contributed by atoms with Crippen molar-refractivity contribution in [1.82, 2.24) is 10.3 Å². The van der Waals surface area contributed by atoms with E-state index in [0.29, 0.717) is 0 Å². The van der Waals surface area contributed by atoms with E-state index in [1.165, 1.54) is 41.3 Å².